The van der Waals surface area contributed by atoms with Crippen molar-refractivity contribution in [1.29, 1.82) is 0 Å². The smallest absolute Gasteiger partial charge is 0.257 e. The summed E-state index contributed by atoms with van der Waals surface area (Å²) in [4.78, 5) is 30.1. The lowest BCUT2D eigenvalue weighted by Crippen LogP contribution is -2.41. The van der Waals surface area contributed by atoms with Gasteiger partial charge in [-0.15, -0.1) is 12.4 Å². The fourth-order valence-corrected chi connectivity index (χ4v) is 5.90. The van der Waals surface area contributed by atoms with Gasteiger partial charge in [0.1, 0.15) is 9.84 Å². The number of carbonyl (C=O) groups is 2. The number of nitrogens with one attached hydrogen (secondary N) is 1. The number of carbonyl (C=O) groups excluding carboxylic acids is 2. The molecule has 0 unspecified atom stereocenters. The zero-order valence-corrected chi connectivity index (χ0v) is 24.5. The lowest BCUT2D eigenvalue weighted by Gasteiger charge is -2.28. The van der Waals surface area contributed by atoms with Crippen LogP contribution in [0.4, 0.5) is 5.69 Å². The number of methoxy groups -OCH3 is 1. The lowest BCUT2D eigenvalue weighted by atomic mass is 10.1. The van der Waals surface area contributed by atoms with Gasteiger partial charge >= 0.3 is 0 Å². The highest BCUT2D eigenvalue weighted by molar-refractivity contribution is 7.90. The van der Waals surface area contributed by atoms with E-state index in [-0.39, 0.29) is 42.7 Å². The van der Waals surface area contributed by atoms with E-state index in [1.807, 2.05) is 11.8 Å². The van der Waals surface area contributed by atoms with Crippen molar-refractivity contribution in [1.82, 2.24) is 9.80 Å². The Hall–Kier alpha value is -2.57. The van der Waals surface area contributed by atoms with Crippen molar-refractivity contribution in [3.8, 4) is 11.5 Å². The van der Waals surface area contributed by atoms with Crippen LogP contribution in [-0.2, 0) is 25.9 Å². The SMILES string of the molecule is CCOc1cc([C@H](CS(C)(=O)=O)N2Cc3c(Cl)ccc(NC(=O)CN4CCOCC4)c3C2=O)ccc1OC.Cl. The number of amides is 2. The summed E-state index contributed by atoms with van der Waals surface area (Å²) < 4.78 is 41.3. The van der Waals surface area contributed by atoms with E-state index in [0.29, 0.717) is 66.2 Å². The van der Waals surface area contributed by atoms with Crippen LogP contribution in [-0.4, -0.2) is 88.6 Å². The molecular formula is C26H33Cl2N3O7S. The first-order valence-corrected chi connectivity index (χ1v) is 14.8. The number of ether oxygens (including phenoxy) is 3. The average Bonchev–Trinajstić information content (AvgIpc) is 3.22. The van der Waals surface area contributed by atoms with E-state index in [0.717, 1.165) is 6.26 Å². The van der Waals surface area contributed by atoms with Crippen LogP contribution >= 0.6 is 24.0 Å². The Bertz CT molecular complexity index is 1320. The zero-order valence-electron chi connectivity index (χ0n) is 22.1. The van der Waals surface area contributed by atoms with Gasteiger partial charge in [-0.3, -0.25) is 14.5 Å². The molecule has 13 heteroatoms. The highest BCUT2D eigenvalue weighted by atomic mass is 35.5. The van der Waals surface area contributed by atoms with Crippen molar-refractivity contribution < 1.29 is 32.2 Å². The van der Waals surface area contributed by atoms with Gasteiger partial charge in [0.15, 0.2) is 11.5 Å². The van der Waals surface area contributed by atoms with Gasteiger partial charge in [-0.25, -0.2) is 8.42 Å². The minimum Gasteiger partial charge on any atom is -0.493 e. The van der Waals surface area contributed by atoms with Crippen molar-refractivity contribution in [2.45, 2.75) is 19.5 Å². The Labute approximate surface area is 239 Å². The second kappa shape index (κ2) is 13.2. The van der Waals surface area contributed by atoms with Gasteiger partial charge in [-0.1, -0.05) is 17.7 Å². The number of hydrogen-bond donors (Lipinski definition) is 1. The number of fused-ring (bicyclic) bond motifs is 1. The fraction of sp³-hybridized carbons (Fsp3) is 0.462. The molecule has 39 heavy (non-hydrogen) atoms. The molecule has 2 aliphatic rings. The summed E-state index contributed by atoms with van der Waals surface area (Å²) in [5, 5.41) is 3.22. The molecule has 2 aromatic carbocycles. The predicted octanol–water partition coefficient (Wildman–Crippen LogP) is 3.18. The Morgan fingerprint density at radius 3 is 2.54 bits per heavy atom. The fourth-order valence-electron chi connectivity index (χ4n) is 4.74. The van der Waals surface area contributed by atoms with Crippen LogP contribution in [0.1, 0.15) is 34.5 Å². The maximum absolute atomic E-state index is 13.8. The topological polar surface area (TPSA) is 114 Å². The molecule has 0 spiro atoms. The first kappa shape index (κ1) is 31.0. The predicted molar refractivity (Wildman–Crippen MR) is 151 cm³/mol. The second-order valence-corrected chi connectivity index (χ2v) is 11.9. The van der Waals surface area contributed by atoms with Crippen molar-refractivity contribution in [2.24, 2.45) is 0 Å². The Morgan fingerprint density at radius 2 is 1.90 bits per heavy atom. The van der Waals surface area contributed by atoms with Crippen LogP contribution < -0.4 is 14.8 Å². The van der Waals surface area contributed by atoms with Gasteiger partial charge < -0.3 is 24.4 Å². The summed E-state index contributed by atoms with van der Waals surface area (Å²) >= 11 is 6.49. The van der Waals surface area contributed by atoms with Gasteiger partial charge in [-0.2, -0.15) is 0 Å². The molecule has 1 fully saturated rings. The zero-order chi connectivity index (χ0) is 27.4. The quantitative estimate of drug-likeness (QED) is 0.441. The van der Waals surface area contributed by atoms with Crippen LogP contribution in [0.2, 0.25) is 5.02 Å². The van der Waals surface area contributed by atoms with Gasteiger partial charge in [0, 0.05) is 36.5 Å². The van der Waals surface area contributed by atoms with Gasteiger partial charge in [0.05, 0.1) is 56.5 Å². The number of anilines is 1. The molecule has 2 amide bonds. The van der Waals surface area contributed by atoms with E-state index in [4.69, 9.17) is 25.8 Å². The van der Waals surface area contributed by atoms with Crippen molar-refractivity contribution >= 4 is 51.3 Å². The number of rotatable bonds is 10. The third-order valence-corrected chi connectivity index (χ3v) is 7.79. The molecule has 4 rings (SSSR count). The van der Waals surface area contributed by atoms with Crippen LogP contribution in [0.5, 0.6) is 11.5 Å². The molecule has 10 nitrogen and oxygen atoms in total. The van der Waals surface area contributed by atoms with Crippen LogP contribution in [0.3, 0.4) is 0 Å². The third-order valence-electron chi connectivity index (χ3n) is 6.51. The highest BCUT2D eigenvalue weighted by Gasteiger charge is 2.38. The maximum Gasteiger partial charge on any atom is 0.257 e. The number of hydrogen-bond acceptors (Lipinski definition) is 8. The molecule has 1 saturated heterocycles. The minimum atomic E-state index is -3.50. The van der Waals surface area contributed by atoms with E-state index in [1.165, 1.54) is 12.0 Å². The van der Waals surface area contributed by atoms with E-state index >= 15 is 0 Å². The summed E-state index contributed by atoms with van der Waals surface area (Å²) in [6, 6.07) is 7.52. The van der Waals surface area contributed by atoms with Gasteiger partial charge in [0.25, 0.3) is 5.91 Å². The van der Waals surface area contributed by atoms with E-state index < -0.39 is 21.8 Å². The Morgan fingerprint density at radius 1 is 1.18 bits per heavy atom. The van der Waals surface area contributed by atoms with Gasteiger partial charge in [-0.05, 0) is 36.8 Å². The first-order chi connectivity index (χ1) is 18.1. The average molecular weight is 603 g/mol. The number of morpholine rings is 1. The number of benzene rings is 2. The molecule has 0 bridgehead atoms. The Balaban J connectivity index is 0.00000420. The summed E-state index contributed by atoms with van der Waals surface area (Å²) in [6.07, 6.45) is 1.13. The largest absolute Gasteiger partial charge is 0.493 e. The molecule has 214 valence electrons. The van der Waals surface area contributed by atoms with Crippen molar-refractivity contribution in [3.05, 3.63) is 52.0 Å². The number of sulfone groups is 1. The third kappa shape index (κ3) is 7.34. The van der Waals surface area contributed by atoms with Gasteiger partial charge in [0.2, 0.25) is 5.91 Å². The molecule has 0 aliphatic carbocycles. The second-order valence-electron chi connectivity index (χ2n) is 9.27. The highest BCUT2D eigenvalue weighted by Crippen LogP contribution is 2.40. The summed E-state index contributed by atoms with van der Waals surface area (Å²) in [5.74, 6) is -0.0261. The molecular weight excluding hydrogens is 569 g/mol. The lowest BCUT2D eigenvalue weighted by molar-refractivity contribution is -0.118. The van der Waals surface area contributed by atoms with Crippen LogP contribution in [0.15, 0.2) is 30.3 Å². The molecule has 0 saturated carbocycles. The van der Waals surface area contributed by atoms with E-state index in [9.17, 15) is 18.0 Å². The molecule has 2 aliphatic heterocycles. The molecule has 2 aromatic rings. The standard InChI is InChI=1S/C26H32ClN3O7S.ClH/c1-4-37-23-13-17(5-8-22(23)35-2)21(16-38(3,33)34)30-14-18-19(27)6-7-20(25(18)26(30)32)28-24(31)15-29-9-11-36-12-10-29;/h5-8,13,21H,4,9-12,14-16H2,1-3H3,(H,28,31);1H/t21-;/m0./s1. The minimum absolute atomic E-state index is 0. The molecule has 1 atom stereocenters. The molecule has 0 aromatic heterocycles. The Kier molecular flexibility index (Phi) is 10.5. The van der Waals surface area contributed by atoms with E-state index in [2.05, 4.69) is 5.32 Å². The number of halogens is 2. The van der Waals surface area contributed by atoms with Crippen LogP contribution in [0, 0.1) is 0 Å². The summed E-state index contributed by atoms with van der Waals surface area (Å²) in [6.45, 7) is 4.91. The molecule has 0 radical (unpaired) electrons. The van der Waals surface area contributed by atoms with Crippen LogP contribution in [0.25, 0.3) is 0 Å². The number of nitrogens with zero attached hydrogens (tertiary/aromatic N) is 2. The maximum atomic E-state index is 13.8. The normalized spacial score (nSPS) is 16.3. The molecule has 2 heterocycles. The van der Waals surface area contributed by atoms with Crippen molar-refractivity contribution in [2.75, 3.05) is 63.9 Å². The summed E-state index contributed by atoms with van der Waals surface area (Å²) in [5.41, 5.74) is 1.73. The summed E-state index contributed by atoms with van der Waals surface area (Å²) in [7, 11) is -1.98. The first-order valence-electron chi connectivity index (χ1n) is 12.3. The van der Waals surface area contributed by atoms with Crippen molar-refractivity contribution in [3.63, 3.8) is 0 Å². The monoisotopic (exact) mass is 601 g/mol. The molecule has 1 N–H and O–H groups in total. The van der Waals surface area contributed by atoms with E-state index in [1.54, 1.807) is 30.3 Å².